The van der Waals surface area contributed by atoms with E-state index in [1.165, 1.54) is 6.42 Å². The smallest absolute Gasteiger partial charge is 0.338 e. The first kappa shape index (κ1) is 23.3. The van der Waals surface area contributed by atoms with Crippen LogP contribution in [0.1, 0.15) is 60.2 Å². The van der Waals surface area contributed by atoms with Crippen LogP contribution in [0.15, 0.2) is 48.5 Å². The summed E-state index contributed by atoms with van der Waals surface area (Å²) in [6, 6.07) is 13.7. The number of carbonyl (C=O) groups is 2. The molecular formula is C23H28N2O4S. The van der Waals surface area contributed by atoms with Crippen molar-refractivity contribution in [2.24, 2.45) is 0 Å². The minimum atomic E-state index is -0.383. The molecule has 0 aromatic heterocycles. The number of rotatable bonds is 10. The molecular weight excluding hydrogens is 400 g/mol. The van der Waals surface area contributed by atoms with Crippen LogP contribution in [-0.4, -0.2) is 30.2 Å². The van der Waals surface area contributed by atoms with Gasteiger partial charge in [-0.15, -0.1) is 0 Å². The van der Waals surface area contributed by atoms with E-state index in [2.05, 4.69) is 17.6 Å². The number of hydrogen-bond acceptors (Lipinski definition) is 5. The van der Waals surface area contributed by atoms with E-state index in [1.807, 2.05) is 6.07 Å². The quantitative estimate of drug-likeness (QED) is 0.317. The molecule has 0 unspecified atom stereocenters. The van der Waals surface area contributed by atoms with Gasteiger partial charge in [-0.1, -0.05) is 38.3 Å². The maximum atomic E-state index is 12.6. The minimum Gasteiger partial charge on any atom is -0.493 e. The summed E-state index contributed by atoms with van der Waals surface area (Å²) in [4.78, 5) is 24.3. The summed E-state index contributed by atoms with van der Waals surface area (Å²) in [5, 5.41) is 5.75. The van der Waals surface area contributed by atoms with Gasteiger partial charge in [-0.3, -0.25) is 10.1 Å². The monoisotopic (exact) mass is 428 g/mol. The molecule has 2 rings (SSSR count). The van der Waals surface area contributed by atoms with Crippen molar-refractivity contribution in [3.05, 3.63) is 59.7 Å². The molecule has 0 heterocycles. The lowest BCUT2D eigenvalue weighted by atomic mass is 10.2. The molecule has 0 spiro atoms. The molecule has 2 aromatic rings. The van der Waals surface area contributed by atoms with Crippen LogP contribution in [-0.2, 0) is 4.74 Å². The van der Waals surface area contributed by atoms with Crippen LogP contribution in [0.5, 0.6) is 5.75 Å². The fourth-order valence-electron chi connectivity index (χ4n) is 2.73. The van der Waals surface area contributed by atoms with Crippen LogP contribution in [0.4, 0.5) is 5.69 Å². The Kier molecular flexibility index (Phi) is 9.80. The highest BCUT2D eigenvalue weighted by Crippen LogP contribution is 2.19. The Morgan fingerprint density at radius 1 is 0.967 bits per heavy atom. The first-order chi connectivity index (χ1) is 14.5. The van der Waals surface area contributed by atoms with Crippen molar-refractivity contribution in [1.82, 2.24) is 5.32 Å². The van der Waals surface area contributed by atoms with Gasteiger partial charge in [0.2, 0.25) is 0 Å². The molecule has 2 N–H and O–H groups in total. The van der Waals surface area contributed by atoms with Crippen molar-refractivity contribution in [1.29, 1.82) is 0 Å². The highest BCUT2D eigenvalue weighted by molar-refractivity contribution is 7.80. The summed E-state index contributed by atoms with van der Waals surface area (Å²) >= 11 is 5.24. The molecule has 0 bridgehead atoms. The van der Waals surface area contributed by atoms with Crippen molar-refractivity contribution < 1.29 is 19.1 Å². The van der Waals surface area contributed by atoms with Gasteiger partial charge in [-0.05, 0) is 62.0 Å². The number of para-hydroxylation sites is 1. The Hall–Kier alpha value is -2.93. The number of hydrogen-bond donors (Lipinski definition) is 2. The van der Waals surface area contributed by atoms with Crippen LogP contribution >= 0.6 is 12.2 Å². The van der Waals surface area contributed by atoms with E-state index < -0.39 is 0 Å². The largest absolute Gasteiger partial charge is 0.493 e. The normalized spacial score (nSPS) is 10.2. The zero-order chi connectivity index (χ0) is 21.8. The van der Waals surface area contributed by atoms with Gasteiger partial charge in [0.15, 0.2) is 5.11 Å². The first-order valence-corrected chi connectivity index (χ1v) is 10.6. The van der Waals surface area contributed by atoms with Gasteiger partial charge in [0.05, 0.1) is 24.3 Å². The molecule has 1 amide bonds. The van der Waals surface area contributed by atoms with Crippen LogP contribution in [0.3, 0.4) is 0 Å². The number of nitrogens with one attached hydrogen (secondary N) is 2. The number of esters is 1. The van der Waals surface area contributed by atoms with Crippen molar-refractivity contribution in [3.8, 4) is 5.75 Å². The third kappa shape index (κ3) is 7.48. The van der Waals surface area contributed by atoms with Gasteiger partial charge >= 0.3 is 5.97 Å². The Bertz CT molecular complexity index is 853. The topological polar surface area (TPSA) is 76.7 Å². The summed E-state index contributed by atoms with van der Waals surface area (Å²) < 4.78 is 10.7. The molecule has 6 nitrogen and oxygen atoms in total. The van der Waals surface area contributed by atoms with E-state index in [0.717, 1.165) is 19.3 Å². The molecule has 160 valence electrons. The number of carbonyl (C=O) groups excluding carboxylic acids is 2. The number of amides is 1. The summed E-state index contributed by atoms with van der Waals surface area (Å²) in [5.74, 6) is -0.195. The second-order valence-electron chi connectivity index (χ2n) is 6.61. The van der Waals surface area contributed by atoms with Gasteiger partial charge in [-0.2, -0.15) is 0 Å². The Morgan fingerprint density at radius 2 is 1.70 bits per heavy atom. The van der Waals surface area contributed by atoms with Crippen LogP contribution in [0.25, 0.3) is 0 Å². The van der Waals surface area contributed by atoms with Gasteiger partial charge in [-0.25, -0.2) is 4.79 Å². The Morgan fingerprint density at radius 3 is 2.40 bits per heavy atom. The molecule has 0 saturated carbocycles. The number of thiocarbonyl (C=S) groups is 1. The van der Waals surface area contributed by atoms with Crippen LogP contribution in [0, 0.1) is 0 Å². The average Bonchev–Trinajstić information content (AvgIpc) is 2.74. The highest BCUT2D eigenvalue weighted by atomic mass is 32.1. The van der Waals surface area contributed by atoms with E-state index in [9.17, 15) is 9.59 Å². The average molecular weight is 429 g/mol. The van der Waals surface area contributed by atoms with Gasteiger partial charge in [0.1, 0.15) is 5.75 Å². The highest BCUT2D eigenvalue weighted by Gasteiger charge is 2.14. The predicted molar refractivity (Wildman–Crippen MR) is 122 cm³/mol. The number of unbranched alkanes of at least 4 members (excludes halogenated alkanes) is 3. The number of benzene rings is 2. The molecule has 30 heavy (non-hydrogen) atoms. The number of anilines is 1. The molecule has 0 aliphatic rings. The lowest BCUT2D eigenvalue weighted by Gasteiger charge is -2.13. The van der Waals surface area contributed by atoms with E-state index in [1.54, 1.807) is 49.4 Å². The fraction of sp³-hybridized carbons (Fsp3) is 0.348. The molecule has 0 radical (unpaired) electrons. The van der Waals surface area contributed by atoms with Gasteiger partial charge in [0, 0.05) is 5.69 Å². The third-order valence-corrected chi connectivity index (χ3v) is 4.47. The van der Waals surface area contributed by atoms with E-state index in [0.29, 0.717) is 35.8 Å². The zero-order valence-corrected chi connectivity index (χ0v) is 18.2. The molecule has 0 aliphatic heterocycles. The van der Waals surface area contributed by atoms with Crippen LogP contribution in [0.2, 0.25) is 0 Å². The lowest BCUT2D eigenvalue weighted by molar-refractivity contribution is 0.0526. The van der Waals surface area contributed by atoms with Crippen LogP contribution < -0.4 is 15.4 Å². The SMILES string of the molecule is CCCCCCOc1ccccc1C(=O)NC(=S)Nc1ccc(C(=O)OCC)cc1. The Labute approximate surface area is 183 Å². The minimum absolute atomic E-state index is 0.154. The van der Waals surface area contributed by atoms with Gasteiger partial charge < -0.3 is 14.8 Å². The second-order valence-corrected chi connectivity index (χ2v) is 7.02. The maximum Gasteiger partial charge on any atom is 0.338 e. The second kappa shape index (κ2) is 12.6. The van der Waals surface area contributed by atoms with Crippen molar-refractivity contribution in [2.45, 2.75) is 39.5 Å². The van der Waals surface area contributed by atoms with Gasteiger partial charge in [0.25, 0.3) is 5.91 Å². The van der Waals surface area contributed by atoms with Crippen molar-refractivity contribution in [3.63, 3.8) is 0 Å². The lowest BCUT2D eigenvalue weighted by Crippen LogP contribution is -2.34. The van der Waals surface area contributed by atoms with Crippen molar-refractivity contribution in [2.75, 3.05) is 18.5 Å². The van der Waals surface area contributed by atoms with E-state index >= 15 is 0 Å². The third-order valence-electron chi connectivity index (χ3n) is 4.27. The molecule has 7 heteroatoms. The standard InChI is InChI=1S/C23H28N2O4S/c1-3-5-6-9-16-29-20-11-8-7-10-19(20)21(26)25-23(30)24-18-14-12-17(13-15-18)22(27)28-4-2/h7-8,10-15H,3-6,9,16H2,1-2H3,(H2,24,25,26,30). The van der Waals surface area contributed by atoms with E-state index in [4.69, 9.17) is 21.7 Å². The fourth-order valence-corrected chi connectivity index (χ4v) is 2.94. The molecule has 0 atom stereocenters. The van der Waals surface area contributed by atoms with Crippen molar-refractivity contribution >= 4 is 34.9 Å². The molecule has 0 fully saturated rings. The predicted octanol–water partition coefficient (Wildman–Crippen LogP) is 4.95. The summed E-state index contributed by atoms with van der Waals surface area (Å²) in [5.41, 5.74) is 1.52. The number of ether oxygens (including phenoxy) is 2. The molecule has 0 aliphatic carbocycles. The van der Waals surface area contributed by atoms with E-state index in [-0.39, 0.29) is 17.0 Å². The first-order valence-electron chi connectivity index (χ1n) is 10.2. The zero-order valence-electron chi connectivity index (χ0n) is 17.4. The summed E-state index contributed by atoms with van der Waals surface area (Å²) in [6.45, 7) is 4.80. The Balaban J connectivity index is 1.91. The maximum absolute atomic E-state index is 12.6. The summed E-state index contributed by atoms with van der Waals surface area (Å²) in [6.07, 6.45) is 4.39. The molecule has 0 saturated heterocycles. The summed E-state index contributed by atoms with van der Waals surface area (Å²) in [7, 11) is 0. The molecule has 2 aromatic carbocycles.